The Morgan fingerprint density at radius 3 is 2.10 bits per heavy atom. The molecule has 1 nitrogen and oxygen atoms in total. The summed E-state index contributed by atoms with van der Waals surface area (Å²) in [6, 6.07) is 21.1. The van der Waals surface area contributed by atoms with Crippen LogP contribution >= 0.6 is 10.0 Å². The van der Waals surface area contributed by atoms with Gasteiger partial charge in [0.05, 0.1) is 6.54 Å². The number of hydrogen-bond donors (Lipinski definition) is 0. The summed E-state index contributed by atoms with van der Waals surface area (Å²) >= 11 is 0. The minimum absolute atomic E-state index is 0.804. The van der Waals surface area contributed by atoms with Gasteiger partial charge in [0.1, 0.15) is 0 Å². The van der Waals surface area contributed by atoms with Crippen molar-refractivity contribution >= 4 is 10.0 Å². The second kappa shape index (κ2) is 7.36. The molecule has 2 aromatic carbocycles. The molecule has 2 heteroatoms. The smallest absolute Gasteiger partial charge is 0.0610 e. The molecule has 0 heterocycles. The van der Waals surface area contributed by atoms with Crippen molar-refractivity contribution < 1.29 is 0 Å². The van der Waals surface area contributed by atoms with Gasteiger partial charge in [-0.3, -0.25) is 4.90 Å². The van der Waals surface area contributed by atoms with Gasteiger partial charge >= 0.3 is 0 Å². The Hall–Kier alpha value is -1.69. The highest BCUT2D eigenvalue weighted by Gasteiger charge is 2.10. The Labute approximate surface area is 130 Å². The van der Waals surface area contributed by atoms with Crippen molar-refractivity contribution in [2.75, 3.05) is 26.1 Å². The first-order chi connectivity index (χ1) is 10.1. The lowest BCUT2D eigenvalue weighted by molar-refractivity contribution is 0.369. The standard InChI is InChI=1S/C19H23NS/c1-20(17-18-11-6-4-7-12-18)15-10-16-21(2,3)19-13-8-5-9-14-19/h4-9,11-14H,15,17H2,1-3H3. The van der Waals surface area contributed by atoms with Gasteiger partial charge in [0.15, 0.2) is 0 Å². The van der Waals surface area contributed by atoms with Gasteiger partial charge in [-0.15, -0.1) is 0 Å². The molecule has 2 aromatic rings. The molecule has 0 bridgehead atoms. The van der Waals surface area contributed by atoms with Crippen LogP contribution in [0.15, 0.2) is 65.6 Å². The molecule has 0 unspecified atom stereocenters. The van der Waals surface area contributed by atoms with Crippen molar-refractivity contribution in [1.82, 2.24) is 4.90 Å². The Balaban J connectivity index is 1.94. The van der Waals surface area contributed by atoms with Crippen LogP contribution in [0.2, 0.25) is 0 Å². The van der Waals surface area contributed by atoms with Gasteiger partial charge in [-0.1, -0.05) is 54.5 Å². The monoisotopic (exact) mass is 297 g/mol. The zero-order valence-electron chi connectivity index (χ0n) is 13.0. The van der Waals surface area contributed by atoms with Gasteiger partial charge in [0.2, 0.25) is 0 Å². The number of rotatable bonds is 4. The van der Waals surface area contributed by atoms with Crippen LogP contribution in [-0.2, 0) is 6.54 Å². The van der Waals surface area contributed by atoms with E-state index in [-0.39, 0.29) is 0 Å². The number of nitrogens with zero attached hydrogens (tertiary/aromatic N) is 1. The summed E-state index contributed by atoms with van der Waals surface area (Å²) in [4.78, 5) is 3.60. The third-order valence-electron chi connectivity index (χ3n) is 3.30. The van der Waals surface area contributed by atoms with Gasteiger partial charge < -0.3 is 0 Å². The van der Waals surface area contributed by atoms with E-state index in [4.69, 9.17) is 0 Å². The Morgan fingerprint density at radius 2 is 1.48 bits per heavy atom. The highest BCUT2D eigenvalue weighted by molar-refractivity contribution is 8.36. The molecule has 2 rings (SSSR count). The Morgan fingerprint density at radius 1 is 0.905 bits per heavy atom. The normalized spacial score (nSPS) is 11.8. The highest BCUT2D eigenvalue weighted by Crippen LogP contribution is 2.47. The van der Waals surface area contributed by atoms with E-state index in [0.717, 1.165) is 13.1 Å². The van der Waals surface area contributed by atoms with E-state index in [1.165, 1.54) is 10.5 Å². The quantitative estimate of drug-likeness (QED) is 0.764. The lowest BCUT2D eigenvalue weighted by Crippen LogP contribution is -2.17. The summed E-state index contributed by atoms with van der Waals surface area (Å²) in [5.41, 5.74) is 1.33. The zero-order valence-corrected chi connectivity index (χ0v) is 13.9. The van der Waals surface area contributed by atoms with Crippen molar-refractivity contribution in [3.8, 4) is 11.2 Å². The summed E-state index contributed by atoms with van der Waals surface area (Å²) < 4.78 is 0. The molecule has 21 heavy (non-hydrogen) atoms. The third kappa shape index (κ3) is 4.97. The van der Waals surface area contributed by atoms with E-state index in [0.29, 0.717) is 0 Å². The number of benzene rings is 2. The van der Waals surface area contributed by atoms with Gasteiger partial charge in [-0.05, 0) is 42.5 Å². The molecule has 0 N–H and O–H groups in total. The average Bonchev–Trinajstić information content (AvgIpc) is 2.49. The van der Waals surface area contributed by atoms with Crippen molar-refractivity contribution in [3.63, 3.8) is 0 Å². The van der Waals surface area contributed by atoms with E-state index in [9.17, 15) is 0 Å². The van der Waals surface area contributed by atoms with E-state index in [1.54, 1.807) is 0 Å². The fourth-order valence-electron chi connectivity index (χ4n) is 2.12. The lowest BCUT2D eigenvalue weighted by Gasteiger charge is -2.24. The van der Waals surface area contributed by atoms with Gasteiger partial charge in [-0.2, -0.15) is 10.0 Å². The second-order valence-electron chi connectivity index (χ2n) is 5.58. The average molecular weight is 297 g/mol. The van der Waals surface area contributed by atoms with E-state index < -0.39 is 10.0 Å². The summed E-state index contributed by atoms with van der Waals surface area (Å²) in [6.07, 6.45) is 4.51. The van der Waals surface area contributed by atoms with Crippen molar-refractivity contribution in [1.29, 1.82) is 0 Å². The molecule has 0 amide bonds. The topological polar surface area (TPSA) is 3.24 Å². The second-order valence-corrected chi connectivity index (χ2v) is 8.91. The van der Waals surface area contributed by atoms with Crippen LogP contribution in [0.25, 0.3) is 0 Å². The maximum atomic E-state index is 3.48. The third-order valence-corrected chi connectivity index (χ3v) is 5.41. The number of hydrogen-bond acceptors (Lipinski definition) is 1. The highest BCUT2D eigenvalue weighted by atomic mass is 32.3. The molecule has 0 aliphatic carbocycles. The molecule has 110 valence electrons. The van der Waals surface area contributed by atoms with Crippen LogP contribution < -0.4 is 0 Å². The Bertz CT molecular complexity index is 608. The minimum Gasteiger partial charge on any atom is -0.291 e. The first-order valence-electron chi connectivity index (χ1n) is 7.08. The molecule has 0 atom stereocenters. The zero-order chi connectivity index (χ0) is 15.1. The van der Waals surface area contributed by atoms with E-state index in [2.05, 4.69) is 96.3 Å². The molecule has 0 aliphatic heterocycles. The van der Waals surface area contributed by atoms with Gasteiger partial charge in [0, 0.05) is 11.4 Å². The predicted octanol–water partition coefficient (Wildman–Crippen LogP) is 4.20. The molecule has 0 aromatic heterocycles. The van der Waals surface area contributed by atoms with Gasteiger partial charge in [-0.25, -0.2) is 0 Å². The molecular formula is C19H23NS. The van der Waals surface area contributed by atoms with Crippen LogP contribution in [0.5, 0.6) is 0 Å². The van der Waals surface area contributed by atoms with Crippen molar-refractivity contribution in [2.45, 2.75) is 11.4 Å². The largest absolute Gasteiger partial charge is 0.291 e. The first kappa shape index (κ1) is 15.7. The fourth-order valence-corrected chi connectivity index (χ4v) is 3.50. The van der Waals surface area contributed by atoms with E-state index >= 15 is 0 Å². The maximum absolute atomic E-state index is 3.48. The summed E-state index contributed by atoms with van der Waals surface area (Å²) in [7, 11) is 1.10. The molecule has 0 saturated heterocycles. The summed E-state index contributed by atoms with van der Waals surface area (Å²) in [5.74, 6) is 3.36. The van der Waals surface area contributed by atoms with Crippen LogP contribution in [0.4, 0.5) is 0 Å². The Kier molecular flexibility index (Phi) is 5.50. The molecular weight excluding hydrogens is 274 g/mol. The molecule has 0 aliphatic rings. The van der Waals surface area contributed by atoms with Gasteiger partial charge in [0.25, 0.3) is 0 Å². The van der Waals surface area contributed by atoms with Crippen molar-refractivity contribution in [2.24, 2.45) is 0 Å². The molecule has 0 radical (unpaired) electrons. The van der Waals surface area contributed by atoms with E-state index in [1.807, 2.05) is 0 Å². The molecule has 0 spiro atoms. The molecule has 0 saturated carbocycles. The first-order valence-corrected chi connectivity index (χ1v) is 9.53. The van der Waals surface area contributed by atoms with Crippen LogP contribution in [0.1, 0.15) is 5.56 Å². The predicted molar refractivity (Wildman–Crippen MR) is 94.7 cm³/mol. The van der Waals surface area contributed by atoms with Crippen LogP contribution in [-0.4, -0.2) is 31.0 Å². The summed E-state index contributed by atoms with van der Waals surface area (Å²) in [6.45, 7) is 1.74. The van der Waals surface area contributed by atoms with Crippen LogP contribution in [0, 0.1) is 11.2 Å². The SMILES string of the molecule is CN(CC#CS(C)(C)c1ccccc1)Cc1ccccc1. The minimum atomic E-state index is -1.02. The van der Waals surface area contributed by atoms with Crippen molar-refractivity contribution in [3.05, 3.63) is 66.2 Å². The fraction of sp³-hybridized carbons (Fsp3) is 0.263. The van der Waals surface area contributed by atoms with Crippen LogP contribution in [0.3, 0.4) is 0 Å². The lowest BCUT2D eigenvalue weighted by atomic mass is 10.2. The summed E-state index contributed by atoms with van der Waals surface area (Å²) in [5, 5.41) is 3.48. The maximum Gasteiger partial charge on any atom is 0.0610 e. The molecule has 0 fully saturated rings.